The van der Waals surface area contributed by atoms with Crippen molar-refractivity contribution < 1.29 is 18.7 Å². The van der Waals surface area contributed by atoms with Crippen LogP contribution in [0.1, 0.15) is 32.3 Å². The molecule has 0 saturated carbocycles. The number of anilines is 6. The first kappa shape index (κ1) is 32.2. The van der Waals surface area contributed by atoms with Gasteiger partial charge in [0.05, 0.1) is 41.6 Å². The highest BCUT2D eigenvalue weighted by Crippen LogP contribution is 2.35. The summed E-state index contributed by atoms with van der Waals surface area (Å²) in [6.07, 6.45) is 3.98. The summed E-state index contributed by atoms with van der Waals surface area (Å²) in [6.45, 7) is 10.5. The second-order valence-corrected chi connectivity index (χ2v) is 11.5. The molecule has 2 aliphatic rings. The summed E-state index contributed by atoms with van der Waals surface area (Å²) in [4.78, 5) is 39.3. The highest BCUT2D eigenvalue weighted by Gasteiger charge is 2.31. The number of likely N-dealkylation sites (N-methyl/N-ethyl adjacent to an activating group) is 1. The summed E-state index contributed by atoms with van der Waals surface area (Å²) in [6, 6.07) is 12.5. The van der Waals surface area contributed by atoms with E-state index in [1.165, 1.54) is 12.3 Å². The van der Waals surface area contributed by atoms with Gasteiger partial charge in [0.25, 0.3) is 0 Å². The first-order chi connectivity index (χ1) is 22.1. The molecule has 3 heterocycles. The van der Waals surface area contributed by atoms with Crippen molar-refractivity contribution in [2.24, 2.45) is 0 Å². The number of piperazine rings is 1. The Morgan fingerprint density at radius 3 is 2.59 bits per heavy atom. The number of hydrogen-bond donors (Lipinski definition) is 3. The lowest BCUT2D eigenvalue weighted by molar-refractivity contribution is -0.135. The molecule has 3 N–H and O–H groups in total. The van der Waals surface area contributed by atoms with Gasteiger partial charge in [-0.05, 0) is 51.0 Å². The Bertz CT molecular complexity index is 1650. The number of nitrogens with zero attached hydrogens (tertiary/aromatic N) is 6. The highest BCUT2D eigenvalue weighted by molar-refractivity contribution is 6.02. The molecular formula is C33H38FN9O3. The van der Waals surface area contributed by atoms with E-state index in [9.17, 15) is 14.9 Å². The van der Waals surface area contributed by atoms with Crippen LogP contribution in [0.3, 0.4) is 0 Å². The Hall–Kier alpha value is -5.22. The van der Waals surface area contributed by atoms with Crippen molar-refractivity contribution in [2.45, 2.75) is 38.8 Å². The van der Waals surface area contributed by atoms with Crippen LogP contribution in [-0.4, -0.2) is 83.5 Å². The molecule has 12 nitrogen and oxygen atoms in total. The summed E-state index contributed by atoms with van der Waals surface area (Å²) in [5, 5.41) is 18.6. The molecule has 2 saturated heterocycles. The predicted molar refractivity (Wildman–Crippen MR) is 175 cm³/mol. The number of para-hydroxylation sites is 2. The van der Waals surface area contributed by atoms with Crippen molar-refractivity contribution >= 4 is 46.3 Å². The molecule has 2 aliphatic heterocycles. The number of carbonyl (C=O) groups excluding carboxylic acids is 2. The summed E-state index contributed by atoms with van der Waals surface area (Å²) in [7, 11) is 1.82. The van der Waals surface area contributed by atoms with E-state index in [1.54, 1.807) is 17.0 Å². The Labute approximate surface area is 267 Å². The van der Waals surface area contributed by atoms with Crippen molar-refractivity contribution in [2.75, 3.05) is 60.6 Å². The van der Waals surface area contributed by atoms with Crippen molar-refractivity contribution in [1.29, 1.82) is 5.26 Å². The Morgan fingerprint density at radius 2 is 1.89 bits per heavy atom. The van der Waals surface area contributed by atoms with Crippen LogP contribution >= 0.6 is 0 Å². The van der Waals surface area contributed by atoms with Gasteiger partial charge in [-0.1, -0.05) is 18.7 Å². The minimum Gasteiger partial charge on any atom is -0.489 e. The number of nitriles is 1. The summed E-state index contributed by atoms with van der Waals surface area (Å²) < 4.78 is 21.6. The molecule has 2 aromatic carbocycles. The summed E-state index contributed by atoms with van der Waals surface area (Å²) in [5.74, 6) is 0.0428. The molecule has 0 aliphatic carbocycles. The molecule has 13 heteroatoms. The Balaban J connectivity index is 1.37. The Morgan fingerprint density at radius 1 is 1.13 bits per heavy atom. The topological polar surface area (TPSA) is 139 Å². The fourth-order valence-electron chi connectivity index (χ4n) is 5.55. The highest BCUT2D eigenvalue weighted by atomic mass is 19.1. The predicted octanol–water partition coefficient (Wildman–Crippen LogP) is 4.63. The number of amides is 2. The van der Waals surface area contributed by atoms with Crippen LogP contribution in [0.2, 0.25) is 0 Å². The molecule has 2 fully saturated rings. The van der Waals surface area contributed by atoms with E-state index in [-0.39, 0.29) is 41.1 Å². The number of carbonyl (C=O) groups is 2. The van der Waals surface area contributed by atoms with Crippen LogP contribution in [0.5, 0.6) is 5.75 Å². The molecule has 0 unspecified atom stereocenters. The molecule has 3 aromatic rings. The van der Waals surface area contributed by atoms with Crippen molar-refractivity contribution in [3.63, 3.8) is 0 Å². The van der Waals surface area contributed by atoms with Crippen LogP contribution in [0, 0.1) is 17.1 Å². The number of ether oxygens (including phenoxy) is 1. The third-order valence-electron chi connectivity index (χ3n) is 8.00. The largest absolute Gasteiger partial charge is 0.489 e. The van der Waals surface area contributed by atoms with Crippen LogP contribution in [0.15, 0.2) is 55.3 Å². The molecule has 46 heavy (non-hydrogen) atoms. The fourth-order valence-corrected chi connectivity index (χ4v) is 5.55. The standard InChI is InChI=1S/C33H38FN9O3/c1-5-30(44)37-27-17-28(42-12-10-23(11-13-42)43-15-14-41(4)31(45)20-43)24(34)16-26(27)39-33-36-19-22(18-35)32(40-33)38-25-8-6-7-9-29(25)46-21(2)3/h5-9,16-17,19,21,23H,1,10-15,20H2,2-4H3,(H,37,44)(H2,36,38,39,40). The van der Waals surface area contributed by atoms with E-state index in [0.717, 1.165) is 25.5 Å². The van der Waals surface area contributed by atoms with E-state index in [4.69, 9.17) is 4.74 Å². The van der Waals surface area contributed by atoms with Gasteiger partial charge in [0.2, 0.25) is 17.8 Å². The van der Waals surface area contributed by atoms with Crippen LogP contribution in [-0.2, 0) is 9.59 Å². The van der Waals surface area contributed by atoms with Gasteiger partial charge in [-0.3, -0.25) is 14.5 Å². The maximum absolute atomic E-state index is 15.7. The van der Waals surface area contributed by atoms with Gasteiger partial charge in [0.15, 0.2) is 5.82 Å². The maximum Gasteiger partial charge on any atom is 0.247 e. The van der Waals surface area contributed by atoms with Gasteiger partial charge in [-0.2, -0.15) is 10.2 Å². The number of benzene rings is 2. The van der Waals surface area contributed by atoms with E-state index in [2.05, 4.69) is 43.5 Å². The molecule has 0 radical (unpaired) electrons. The van der Waals surface area contributed by atoms with E-state index in [0.29, 0.717) is 49.0 Å². The van der Waals surface area contributed by atoms with Gasteiger partial charge in [-0.15, -0.1) is 0 Å². The second-order valence-electron chi connectivity index (χ2n) is 11.5. The molecule has 1 aromatic heterocycles. The van der Waals surface area contributed by atoms with Gasteiger partial charge in [0, 0.05) is 45.3 Å². The fraction of sp³-hybridized carbons (Fsp3) is 0.364. The monoisotopic (exact) mass is 627 g/mol. The number of hydrogen-bond acceptors (Lipinski definition) is 10. The average Bonchev–Trinajstić information content (AvgIpc) is 3.04. The van der Waals surface area contributed by atoms with E-state index in [1.807, 2.05) is 44.0 Å². The SMILES string of the molecule is C=CC(=O)Nc1cc(N2CCC(N3CCN(C)C(=O)C3)CC2)c(F)cc1Nc1ncc(C#N)c(Nc2ccccc2OC(C)C)n1. The summed E-state index contributed by atoms with van der Waals surface area (Å²) >= 11 is 0. The zero-order valence-corrected chi connectivity index (χ0v) is 26.2. The van der Waals surface area contributed by atoms with Gasteiger partial charge in [0.1, 0.15) is 23.2 Å². The summed E-state index contributed by atoms with van der Waals surface area (Å²) in [5.41, 5.74) is 1.68. The molecule has 0 spiro atoms. The van der Waals surface area contributed by atoms with Gasteiger partial charge in [-0.25, -0.2) is 9.37 Å². The number of rotatable bonds is 10. The average molecular weight is 628 g/mol. The zero-order valence-electron chi connectivity index (χ0n) is 26.2. The van der Waals surface area contributed by atoms with Gasteiger partial charge >= 0.3 is 0 Å². The molecule has 2 amide bonds. The van der Waals surface area contributed by atoms with Crippen LogP contribution in [0.25, 0.3) is 0 Å². The first-order valence-corrected chi connectivity index (χ1v) is 15.2. The van der Waals surface area contributed by atoms with Crippen molar-refractivity contribution in [1.82, 2.24) is 19.8 Å². The zero-order chi connectivity index (χ0) is 32.8. The van der Waals surface area contributed by atoms with E-state index >= 15 is 4.39 Å². The number of aromatic nitrogens is 2. The molecule has 0 bridgehead atoms. The quantitative estimate of drug-likeness (QED) is 0.273. The third-order valence-corrected chi connectivity index (χ3v) is 8.00. The minimum atomic E-state index is -0.487. The van der Waals surface area contributed by atoms with E-state index < -0.39 is 11.7 Å². The second kappa shape index (κ2) is 14.3. The number of halogens is 1. The normalized spacial score (nSPS) is 15.8. The number of piperidine rings is 1. The molecule has 240 valence electrons. The smallest absolute Gasteiger partial charge is 0.247 e. The van der Waals surface area contributed by atoms with Gasteiger partial charge < -0.3 is 30.5 Å². The maximum atomic E-state index is 15.7. The first-order valence-electron chi connectivity index (χ1n) is 15.2. The lowest BCUT2D eigenvalue weighted by atomic mass is 10.0. The van der Waals surface area contributed by atoms with Crippen molar-refractivity contribution in [3.8, 4) is 11.8 Å². The van der Waals surface area contributed by atoms with Crippen LogP contribution in [0.4, 0.5) is 38.9 Å². The lowest BCUT2D eigenvalue weighted by Crippen LogP contribution is -2.54. The van der Waals surface area contributed by atoms with Crippen molar-refractivity contribution in [3.05, 3.63) is 66.6 Å². The molecule has 5 rings (SSSR count). The lowest BCUT2D eigenvalue weighted by Gasteiger charge is -2.42. The minimum absolute atomic E-state index is 0.0722. The third kappa shape index (κ3) is 7.52. The molecular weight excluding hydrogens is 589 g/mol. The van der Waals surface area contributed by atoms with Crippen LogP contribution < -0.4 is 25.6 Å². The molecule has 0 atom stereocenters. The number of nitrogens with one attached hydrogen (secondary N) is 3. The Kier molecular flexibility index (Phi) is 9.97.